The summed E-state index contributed by atoms with van der Waals surface area (Å²) in [4.78, 5) is 42.0. The molecular formula is C34H56FLiN4O11+2. The molecule has 284 valence electrons. The Morgan fingerprint density at radius 1 is 0.765 bits per heavy atom. The number of carbonyl (C=O) groups excluding carboxylic acids is 2. The number of cyclic esters (lactones) is 4. The molecule has 0 saturated carbocycles. The number of carbonyl (C=O) groups is 2. The summed E-state index contributed by atoms with van der Waals surface area (Å²) < 4.78 is 38.6. The standard InChI is InChI=1S/C10H18N2O.C10H17N2O.C7H12O3.C3H3FO3.C3H2O3.CH4.Li/c2*1-9(2)5-8(7-11)6-10(3,4)12(9)13;1-6(2)7(3,4)10-5(8)9-6;4-2-1-6-3(5)7-2;4-3-5-1-2-6-3;;/h8,13H,5-6H2,1-4H3;8H,5-6H2,1-4H3;1-4H3;2H,1H2;1-2H;1H4;/q;+1;;;;;+1. The molecular weight excluding hydrogens is 666 g/mol. The van der Waals surface area contributed by atoms with Gasteiger partial charge in [-0.1, -0.05) is 7.43 Å². The first-order valence-corrected chi connectivity index (χ1v) is 15.8. The van der Waals surface area contributed by atoms with Crippen molar-refractivity contribution in [2.75, 3.05) is 6.61 Å². The Balaban J connectivity index is 0. The zero-order chi connectivity index (χ0) is 38.2. The van der Waals surface area contributed by atoms with Crippen LogP contribution >= 0.6 is 0 Å². The normalized spacial score (nSPS) is 24.5. The molecule has 51 heavy (non-hydrogen) atoms. The van der Waals surface area contributed by atoms with Crippen LogP contribution in [0.3, 0.4) is 0 Å². The van der Waals surface area contributed by atoms with Crippen molar-refractivity contribution < 1.29 is 70.6 Å². The molecule has 1 aromatic rings. The molecule has 5 rings (SSSR count). The second-order valence-corrected chi connectivity index (χ2v) is 15.6. The second kappa shape index (κ2) is 18.9. The molecule has 1 unspecified atom stereocenters. The van der Waals surface area contributed by atoms with Crippen LogP contribution in [0.15, 0.2) is 26.2 Å². The summed E-state index contributed by atoms with van der Waals surface area (Å²) >= 11 is 0. The minimum atomic E-state index is -1.55. The molecule has 1 atom stereocenters. The van der Waals surface area contributed by atoms with Gasteiger partial charge in [-0.25, -0.2) is 14.4 Å². The molecule has 1 aromatic heterocycles. The van der Waals surface area contributed by atoms with Gasteiger partial charge >= 0.3 is 37.0 Å². The molecule has 0 aromatic carbocycles. The monoisotopic (exact) mass is 722 g/mol. The van der Waals surface area contributed by atoms with Crippen molar-refractivity contribution in [3.05, 3.63) is 28.1 Å². The summed E-state index contributed by atoms with van der Waals surface area (Å²) in [5, 5.41) is 29.1. The first-order chi connectivity index (χ1) is 22.1. The average Bonchev–Trinajstić information content (AvgIpc) is 3.63. The van der Waals surface area contributed by atoms with Crippen LogP contribution in [0.1, 0.15) is 116 Å². The molecule has 0 spiro atoms. The summed E-state index contributed by atoms with van der Waals surface area (Å²) in [5.41, 5.74) is -2.40. The maximum absolute atomic E-state index is 11.8. The number of hydroxylamine groups is 2. The van der Waals surface area contributed by atoms with Gasteiger partial charge in [0, 0.05) is 67.2 Å². The molecule has 4 aliphatic heterocycles. The maximum atomic E-state index is 11.8. The summed E-state index contributed by atoms with van der Waals surface area (Å²) in [6, 6.07) is 4.57. The number of hydrogen-bond acceptors (Lipinski definition) is 14. The van der Waals surface area contributed by atoms with E-state index in [0.717, 1.165) is 17.6 Å². The van der Waals surface area contributed by atoms with Crippen LogP contribution < -0.4 is 24.7 Å². The van der Waals surface area contributed by atoms with Crippen molar-refractivity contribution in [3.8, 4) is 12.1 Å². The molecule has 4 saturated heterocycles. The van der Waals surface area contributed by atoms with Crippen molar-refractivity contribution in [2.24, 2.45) is 11.8 Å². The van der Waals surface area contributed by atoms with Crippen molar-refractivity contribution in [3.63, 3.8) is 0 Å². The number of hydrogen-bond donors (Lipinski definition) is 1. The predicted molar refractivity (Wildman–Crippen MR) is 177 cm³/mol. The fraction of sp³-hybridized carbons (Fsp3) is 0.794. The van der Waals surface area contributed by atoms with Gasteiger partial charge in [0.2, 0.25) is 11.1 Å². The molecule has 0 bridgehead atoms. The zero-order valence-corrected chi connectivity index (χ0v) is 31.6. The first kappa shape index (κ1) is 49.7. The Bertz CT molecular complexity index is 1370. The van der Waals surface area contributed by atoms with E-state index in [1.807, 2.05) is 83.1 Å². The van der Waals surface area contributed by atoms with E-state index in [1.165, 1.54) is 17.6 Å². The van der Waals surface area contributed by atoms with Gasteiger partial charge in [0.15, 0.2) is 6.61 Å². The molecule has 4 aliphatic rings. The molecule has 17 heteroatoms. The molecule has 5 heterocycles. The van der Waals surface area contributed by atoms with Crippen molar-refractivity contribution in [1.29, 1.82) is 10.5 Å². The van der Waals surface area contributed by atoms with Crippen LogP contribution in [0.2, 0.25) is 0 Å². The van der Waals surface area contributed by atoms with Gasteiger partial charge in [0.1, 0.15) is 23.7 Å². The van der Waals surface area contributed by atoms with E-state index in [9.17, 15) is 28.9 Å². The number of halogens is 1. The van der Waals surface area contributed by atoms with Gasteiger partial charge in [0.25, 0.3) is 6.36 Å². The molecule has 0 aliphatic carbocycles. The third kappa shape index (κ3) is 14.6. The fourth-order valence-electron chi connectivity index (χ4n) is 5.90. The summed E-state index contributed by atoms with van der Waals surface area (Å²) in [7, 11) is 0. The van der Waals surface area contributed by atoms with Crippen molar-refractivity contribution in [2.45, 2.75) is 156 Å². The molecule has 1 N–H and O–H groups in total. The number of rotatable bonds is 0. The van der Waals surface area contributed by atoms with Crippen LogP contribution in [0, 0.1) is 39.4 Å². The minimum Gasteiger partial charge on any atom is -0.427 e. The Hall–Kier alpha value is -3.42. The molecule has 15 nitrogen and oxygen atoms in total. The second-order valence-electron chi connectivity index (χ2n) is 15.6. The first-order valence-electron chi connectivity index (χ1n) is 15.8. The van der Waals surface area contributed by atoms with Gasteiger partial charge in [-0.2, -0.15) is 20.0 Å². The summed E-state index contributed by atoms with van der Waals surface area (Å²) in [6.45, 7) is 22.6. The number of nitriles is 2. The summed E-state index contributed by atoms with van der Waals surface area (Å²) in [6.07, 6.45) is 2.15. The van der Waals surface area contributed by atoms with Crippen molar-refractivity contribution >= 4 is 12.3 Å². The van der Waals surface area contributed by atoms with Gasteiger partial charge < -0.3 is 33.0 Å². The fourth-order valence-corrected chi connectivity index (χ4v) is 5.90. The zero-order valence-electron chi connectivity index (χ0n) is 31.6. The van der Waals surface area contributed by atoms with Gasteiger partial charge in [-0.3, -0.25) is 0 Å². The Morgan fingerprint density at radius 3 is 1.35 bits per heavy atom. The maximum Gasteiger partial charge on any atom is 1.00 e. The van der Waals surface area contributed by atoms with Gasteiger partial charge in [-0.05, 0) is 68.2 Å². The Morgan fingerprint density at radius 2 is 1.14 bits per heavy atom. The Labute approximate surface area is 312 Å². The number of alkyl halides is 1. The number of ether oxygens (including phenoxy) is 4. The predicted octanol–water partition coefficient (Wildman–Crippen LogP) is 4.46. The van der Waals surface area contributed by atoms with Gasteiger partial charge in [-0.15, -0.1) is 0 Å². The van der Waals surface area contributed by atoms with E-state index in [-0.39, 0.29) is 55.8 Å². The SMILES string of the molecule is C.CC1(C)CC(C#N)CC(C)(C)N1O.CC1(C)CC(C#N)CC(C)(C)[N+]1=O.CC1(C)OC(=O)OC1(C)C.O=C1OCC(F)O1.O=c1occo1.[Li+]. The topological polar surface area (TPSA) is 206 Å². The smallest absolute Gasteiger partial charge is 0.427 e. The largest absolute Gasteiger partial charge is 1.00 e. The third-order valence-electron chi connectivity index (χ3n) is 8.66. The van der Waals surface area contributed by atoms with Gasteiger partial charge in [0.05, 0.1) is 18.1 Å². The van der Waals surface area contributed by atoms with Crippen LogP contribution in [0.25, 0.3) is 0 Å². The number of nitrogens with zero attached hydrogens (tertiary/aromatic N) is 4. The number of piperidine rings is 2. The minimum absolute atomic E-state index is 0. The van der Waals surface area contributed by atoms with E-state index in [0.29, 0.717) is 12.8 Å². The Kier molecular flexibility index (Phi) is 18.4. The summed E-state index contributed by atoms with van der Waals surface area (Å²) in [5.74, 6) is -0.571. The molecule has 0 radical (unpaired) electrons. The average molecular weight is 723 g/mol. The van der Waals surface area contributed by atoms with E-state index >= 15 is 0 Å². The van der Waals surface area contributed by atoms with Crippen LogP contribution in [-0.4, -0.2) is 73.7 Å². The van der Waals surface area contributed by atoms with E-state index < -0.39 is 46.8 Å². The third-order valence-corrected chi connectivity index (χ3v) is 8.66. The molecule has 4 fully saturated rings. The van der Waals surface area contributed by atoms with Crippen LogP contribution in [0.5, 0.6) is 0 Å². The quantitative estimate of drug-likeness (QED) is 0.223. The number of nitroso groups, excluding NO2 is 1. The van der Waals surface area contributed by atoms with E-state index in [1.54, 1.807) is 0 Å². The van der Waals surface area contributed by atoms with Crippen LogP contribution in [0.4, 0.5) is 14.0 Å². The van der Waals surface area contributed by atoms with E-state index in [4.69, 9.17) is 20.0 Å². The molecule has 0 amide bonds. The van der Waals surface area contributed by atoms with Crippen molar-refractivity contribution in [1.82, 2.24) is 5.06 Å². The van der Waals surface area contributed by atoms with E-state index in [2.05, 4.69) is 30.4 Å². The van der Waals surface area contributed by atoms with Crippen LogP contribution in [-0.2, 0) is 18.9 Å².